The lowest BCUT2D eigenvalue weighted by Gasteiger charge is -2.12. The SMILES string of the molecule is CC(=O)O[SiH](OC(C)=O)OC(C)=O.CO. The van der Waals surface area contributed by atoms with E-state index in [9.17, 15) is 14.4 Å². The maximum Gasteiger partial charge on any atom is 0.689 e. The molecule has 0 aromatic carbocycles. The van der Waals surface area contributed by atoms with E-state index in [4.69, 9.17) is 5.11 Å². The van der Waals surface area contributed by atoms with Crippen LogP contribution in [0.1, 0.15) is 20.8 Å². The van der Waals surface area contributed by atoms with E-state index in [2.05, 4.69) is 13.3 Å². The highest BCUT2D eigenvalue weighted by Gasteiger charge is 2.25. The quantitative estimate of drug-likeness (QED) is 0.629. The molecule has 0 atom stereocenters. The molecule has 0 amide bonds. The molecule has 0 bridgehead atoms. The van der Waals surface area contributed by atoms with Crippen molar-refractivity contribution in [3.8, 4) is 0 Å². The zero-order valence-electron chi connectivity index (χ0n) is 8.97. The minimum absolute atomic E-state index is 0.654. The summed E-state index contributed by atoms with van der Waals surface area (Å²) in [6, 6.07) is 0. The zero-order chi connectivity index (χ0) is 12.4. The first-order valence-electron chi connectivity index (χ1n) is 3.88. The lowest BCUT2D eigenvalue weighted by molar-refractivity contribution is -0.144. The zero-order valence-corrected chi connectivity index (χ0v) is 10.1. The van der Waals surface area contributed by atoms with Crippen molar-refractivity contribution in [1.29, 1.82) is 0 Å². The molecule has 0 unspecified atom stereocenters. The van der Waals surface area contributed by atoms with E-state index in [0.29, 0.717) is 0 Å². The third-order valence-corrected chi connectivity index (χ3v) is 2.36. The normalized spacial score (nSPS) is 8.40. The summed E-state index contributed by atoms with van der Waals surface area (Å²) in [6.07, 6.45) is 0. The van der Waals surface area contributed by atoms with Gasteiger partial charge in [0.1, 0.15) is 0 Å². The van der Waals surface area contributed by atoms with E-state index in [1.165, 1.54) is 0 Å². The van der Waals surface area contributed by atoms with Crippen LogP contribution in [0.25, 0.3) is 0 Å². The molecule has 0 aliphatic carbocycles. The molecule has 0 rings (SSSR count). The second kappa shape index (κ2) is 9.15. The highest BCUT2D eigenvalue weighted by molar-refractivity contribution is 6.43. The fourth-order valence-electron chi connectivity index (χ4n) is 0.479. The standard InChI is InChI=1S/C6H10O6Si.CH4O/c1-4(7)10-13(11-5(2)8)12-6(3)9;1-2/h13H,1-3H3;2H,1H3. The Kier molecular flexibility index (Phi) is 9.78. The average molecular weight is 238 g/mol. The smallest absolute Gasteiger partial charge is 0.458 e. The van der Waals surface area contributed by atoms with Gasteiger partial charge in [-0.2, -0.15) is 0 Å². The fourth-order valence-corrected chi connectivity index (χ4v) is 1.44. The molecule has 0 aliphatic rings. The fraction of sp³-hybridized carbons (Fsp3) is 0.571. The Morgan fingerprint density at radius 3 is 1.13 bits per heavy atom. The molecule has 15 heavy (non-hydrogen) atoms. The lowest BCUT2D eigenvalue weighted by atomic mass is 10.9. The van der Waals surface area contributed by atoms with Crippen molar-refractivity contribution in [2.75, 3.05) is 7.11 Å². The summed E-state index contributed by atoms with van der Waals surface area (Å²) in [5, 5.41) is 7.00. The summed E-state index contributed by atoms with van der Waals surface area (Å²) < 4.78 is 13.5. The summed E-state index contributed by atoms with van der Waals surface area (Å²) in [7, 11) is -1.96. The first-order valence-corrected chi connectivity index (χ1v) is 5.29. The molecule has 1 N–H and O–H groups in total. The van der Waals surface area contributed by atoms with Crippen LogP contribution in [0.2, 0.25) is 0 Å². The molecule has 0 saturated heterocycles. The molecule has 88 valence electrons. The van der Waals surface area contributed by atoms with Gasteiger partial charge in [0.2, 0.25) is 0 Å². The molecular formula is C7H14O7Si. The molecule has 0 aliphatic heterocycles. The van der Waals surface area contributed by atoms with Gasteiger partial charge in [-0.15, -0.1) is 0 Å². The molecule has 0 spiro atoms. The van der Waals surface area contributed by atoms with Crippen molar-refractivity contribution in [2.24, 2.45) is 0 Å². The van der Waals surface area contributed by atoms with E-state index in [1.54, 1.807) is 0 Å². The number of rotatable bonds is 3. The number of carbonyl (C=O) groups is 3. The van der Waals surface area contributed by atoms with Crippen molar-refractivity contribution in [3.63, 3.8) is 0 Å². The molecular weight excluding hydrogens is 224 g/mol. The third kappa shape index (κ3) is 12.6. The number of hydrogen-bond acceptors (Lipinski definition) is 7. The van der Waals surface area contributed by atoms with Crippen LogP contribution in [0, 0.1) is 0 Å². The molecule has 8 heteroatoms. The van der Waals surface area contributed by atoms with E-state index in [1.807, 2.05) is 0 Å². The van der Waals surface area contributed by atoms with Crippen LogP contribution < -0.4 is 0 Å². The Bertz CT molecular complexity index is 189. The Hall–Kier alpha value is -1.41. The van der Waals surface area contributed by atoms with Crippen molar-refractivity contribution in [1.82, 2.24) is 0 Å². The minimum atomic E-state index is -2.96. The summed E-state index contributed by atoms with van der Waals surface area (Å²) in [6.45, 7) is 3.40. The van der Waals surface area contributed by atoms with Gasteiger partial charge in [-0.3, -0.25) is 14.4 Å². The van der Waals surface area contributed by atoms with Crippen LogP contribution in [0.5, 0.6) is 0 Å². The van der Waals surface area contributed by atoms with Gasteiger partial charge >= 0.3 is 9.53 Å². The predicted molar refractivity (Wildman–Crippen MR) is 50.6 cm³/mol. The molecule has 0 saturated carbocycles. The molecule has 0 heterocycles. The number of carbonyl (C=O) groups excluding carboxylic acids is 3. The number of hydrogen-bond donors (Lipinski definition) is 1. The topological polar surface area (TPSA) is 99.1 Å². The third-order valence-electron chi connectivity index (χ3n) is 0.787. The van der Waals surface area contributed by atoms with Gasteiger partial charge in [0.25, 0.3) is 17.9 Å². The van der Waals surface area contributed by atoms with Crippen LogP contribution in [-0.4, -0.2) is 39.7 Å². The van der Waals surface area contributed by atoms with Crippen LogP contribution >= 0.6 is 0 Å². The van der Waals surface area contributed by atoms with E-state index in [0.717, 1.165) is 27.9 Å². The number of aliphatic hydroxyl groups excluding tert-OH is 1. The Morgan fingerprint density at radius 1 is 0.800 bits per heavy atom. The van der Waals surface area contributed by atoms with Gasteiger partial charge in [-0.1, -0.05) is 0 Å². The molecule has 0 fully saturated rings. The summed E-state index contributed by atoms with van der Waals surface area (Å²) in [5.74, 6) is -1.96. The molecule has 0 aromatic rings. The van der Waals surface area contributed by atoms with Crippen LogP contribution in [0.15, 0.2) is 0 Å². The lowest BCUT2D eigenvalue weighted by Crippen LogP contribution is -2.32. The summed E-state index contributed by atoms with van der Waals surface area (Å²) in [4.78, 5) is 31.3. The maximum absolute atomic E-state index is 10.4. The average Bonchev–Trinajstić information content (AvgIpc) is 2.03. The van der Waals surface area contributed by atoms with Crippen molar-refractivity contribution < 1.29 is 32.8 Å². The summed E-state index contributed by atoms with van der Waals surface area (Å²) >= 11 is 0. The molecule has 0 aromatic heterocycles. The van der Waals surface area contributed by atoms with Gasteiger partial charge in [-0.05, 0) is 0 Å². The molecule has 0 radical (unpaired) electrons. The second-order valence-corrected chi connectivity index (χ2v) is 3.40. The van der Waals surface area contributed by atoms with E-state index in [-0.39, 0.29) is 0 Å². The Balaban J connectivity index is 0. The van der Waals surface area contributed by atoms with E-state index >= 15 is 0 Å². The largest absolute Gasteiger partial charge is 0.689 e. The van der Waals surface area contributed by atoms with Crippen LogP contribution in [-0.2, 0) is 27.7 Å². The first-order chi connectivity index (χ1) is 6.91. The minimum Gasteiger partial charge on any atom is -0.458 e. The Labute approximate surface area is 88.9 Å². The summed E-state index contributed by atoms with van der Waals surface area (Å²) in [5.41, 5.74) is 0. The Morgan fingerprint density at radius 2 is 1.00 bits per heavy atom. The second-order valence-electron chi connectivity index (χ2n) is 2.12. The first kappa shape index (κ1) is 16.0. The van der Waals surface area contributed by atoms with Gasteiger partial charge in [0.05, 0.1) is 0 Å². The predicted octanol–water partition coefficient (Wildman–Crippen LogP) is -0.999. The van der Waals surface area contributed by atoms with Crippen LogP contribution in [0.4, 0.5) is 0 Å². The highest BCUT2D eigenvalue weighted by Crippen LogP contribution is 1.94. The van der Waals surface area contributed by atoms with Crippen molar-refractivity contribution in [3.05, 3.63) is 0 Å². The maximum atomic E-state index is 10.4. The van der Waals surface area contributed by atoms with Gasteiger partial charge in [0, 0.05) is 27.9 Å². The molecule has 7 nitrogen and oxygen atoms in total. The van der Waals surface area contributed by atoms with Crippen molar-refractivity contribution >= 4 is 27.4 Å². The van der Waals surface area contributed by atoms with Gasteiger partial charge < -0.3 is 18.4 Å². The van der Waals surface area contributed by atoms with Gasteiger partial charge in [-0.25, -0.2) is 0 Å². The monoisotopic (exact) mass is 238 g/mol. The highest BCUT2D eigenvalue weighted by atomic mass is 28.3. The number of aliphatic hydroxyl groups is 1. The van der Waals surface area contributed by atoms with Crippen LogP contribution in [0.3, 0.4) is 0 Å². The van der Waals surface area contributed by atoms with Crippen molar-refractivity contribution in [2.45, 2.75) is 20.8 Å². The van der Waals surface area contributed by atoms with Gasteiger partial charge in [0.15, 0.2) is 0 Å². The van der Waals surface area contributed by atoms with E-state index < -0.39 is 27.4 Å².